The molecule has 17 heavy (non-hydrogen) atoms. The number of aryl methyl sites for hydroxylation is 1. The van der Waals surface area contributed by atoms with Crippen LogP contribution in [0.25, 0.3) is 10.6 Å². The summed E-state index contributed by atoms with van der Waals surface area (Å²) in [5, 5.41) is 1.43. The van der Waals surface area contributed by atoms with Crippen molar-refractivity contribution in [2.45, 2.75) is 6.92 Å². The number of nitrogen functional groups attached to an aromatic ring is 1. The van der Waals surface area contributed by atoms with Crippen LogP contribution in [0, 0.1) is 12.7 Å². The molecule has 0 spiro atoms. The molecule has 0 fully saturated rings. The Bertz CT molecular complexity index is 542. The van der Waals surface area contributed by atoms with E-state index in [2.05, 4.69) is 10.4 Å². The lowest BCUT2D eigenvalue weighted by atomic mass is 10.2. The minimum Gasteiger partial charge on any atom is -0.496 e. The molecule has 0 unspecified atom stereocenters. The molecule has 90 valence electrons. The number of hydrogen-bond donors (Lipinski definition) is 2. The van der Waals surface area contributed by atoms with Crippen LogP contribution in [0.15, 0.2) is 18.2 Å². The van der Waals surface area contributed by atoms with Crippen molar-refractivity contribution in [3.8, 4) is 16.3 Å². The van der Waals surface area contributed by atoms with E-state index in [0.717, 1.165) is 10.7 Å². The molecule has 2 rings (SSSR count). The number of hydrogen-bond acceptors (Lipinski definition) is 5. The van der Waals surface area contributed by atoms with Crippen LogP contribution < -0.4 is 16.0 Å². The van der Waals surface area contributed by atoms with Crippen molar-refractivity contribution in [2.75, 3.05) is 12.5 Å². The number of hydrazine groups is 1. The quantitative estimate of drug-likeness (QED) is 0.652. The van der Waals surface area contributed by atoms with Crippen molar-refractivity contribution in [3.05, 3.63) is 29.7 Å². The van der Waals surface area contributed by atoms with Gasteiger partial charge in [0, 0.05) is 0 Å². The fraction of sp³-hybridized carbons (Fsp3) is 0.182. The van der Waals surface area contributed by atoms with E-state index in [0.29, 0.717) is 16.3 Å². The lowest BCUT2D eigenvalue weighted by Crippen LogP contribution is -2.05. The summed E-state index contributed by atoms with van der Waals surface area (Å²) in [6, 6.07) is 4.33. The summed E-state index contributed by atoms with van der Waals surface area (Å²) in [5.41, 5.74) is 3.96. The molecule has 0 radical (unpaired) electrons. The summed E-state index contributed by atoms with van der Waals surface area (Å²) in [6.07, 6.45) is 0. The number of nitrogens with zero attached hydrogens (tertiary/aromatic N) is 1. The zero-order valence-corrected chi connectivity index (χ0v) is 10.3. The summed E-state index contributed by atoms with van der Waals surface area (Å²) in [6.45, 7) is 1.83. The summed E-state index contributed by atoms with van der Waals surface area (Å²) >= 11 is 1.36. The Morgan fingerprint density at radius 2 is 2.24 bits per heavy atom. The van der Waals surface area contributed by atoms with Gasteiger partial charge in [0.05, 0.1) is 18.4 Å². The number of aromatic nitrogens is 1. The molecular weight excluding hydrogens is 241 g/mol. The summed E-state index contributed by atoms with van der Waals surface area (Å²) < 4.78 is 18.4. The molecule has 0 bridgehead atoms. The van der Waals surface area contributed by atoms with Crippen LogP contribution in [0.2, 0.25) is 0 Å². The molecule has 0 amide bonds. The third-order valence-corrected chi connectivity index (χ3v) is 3.44. The van der Waals surface area contributed by atoms with Crippen molar-refractivity contribution in [1.82, 2.24) is 4.98 Å². The Hall–Kier alpha value is -1.66. The molecule has 1 heterocycles. The molecule has 6 heteroatoms. The topological polar surface area (TPSA) is 60.2 Å². The van der Waals surface area contributed by atoms with Gasteiger partial charge >= 0.3 is 0 Å². The van der Waals surface area contributed by atoms with E-state index >= 15 is 0 Å². The van der Waals surface area contributed by atoms with Crippen LogP contribution in [0.3, 0.4) is 0 Å². The van der Waals surface area contributed by atoms with Gasteiger partial charge in [-0.1, -0.05) is 11.3 Å². The van der Waals surface area contributed by atoms with Gasteiger partial charge in [-0.3, -0.25) is 0 Å². The SMILES string of the molecule is COc1ccc(F)cc1-c1nc(C)c(NN)s1. The van der Waals surface area contributed by atoms with E-state index in [9.17, 15) is 4.39 Å². The average molecular weight is 253 g/mol. The first-order chi connectivity index (χ1) is 8.15. The molecule has 0 aliphatic heterocycles. The first kappa shape index (κ1) is 11.8. The average Bonchev–Trinajstić information content (AvgIpc) is 2.70. The molecule has 1 aromatic heterocycles. The second-order valence-electron chi connectivity index (χ2n) is 3.42. The van der Waals surface area contributed by atoms with Crippen molar-refractivity contribution >= 4 is 16.3 Å². The number of nitrogens with two attached hydrogens (primary N) is 1. The minimum absolute atomic E-state index is 0.323. The highest BCUT2D eigenvalue weighted by Gasteiger charge is 2.13. The van der Waals surface area contributed by atoms with Crippen LogP contribution in [-0.2, 0) is 0 Å². The van der Waals surface area contributed by atoms with Crippen LogP contribution in [0.4, 0.5) is 9.39 Å². The highest BCUT2D eigenvalue weighted by Crippen LogP contribution is 2.36. The van der Waals surface area contributed by atoms with Crippen LogP contribution >= 0.6 is 11.3 Å². The zero-order valence-electron chi connectivity index (χ0n) is 9.45. The van der Waals surface area contributed by atoms with E-state index in [4.69, 9.17) is 10.6 Å². The smallest absolute Gasteiger partial charge is 0.129 e. The number of nitrogens with one attached hydrogen (secondary N) is 1. The molecule has 0 saturated carbocycles. The van der Waals surface area contributed by atoms with E-state index in [1.54, 1.807) is 13.2 Å². The molecule has 1 aromatic carbocycles. The fourth-order valence-corrected chi connectivity index (χ4v) is 2.39. The second kappa shape index (κ2) is 4.68. The van der Waals surface area contributed by atoms with Gasteiger partial charge in [-0.15, -0.1) is 0 Å². The van der Waals surface area contributed by atoms with Gasteiger partial charge in [-0.2, -0.15) is 0 Å². The van der Waals surface area contributed by atoms with Crippen LogP contribution in [-0.4, -0.2) is 12.1 Å². The van der Waals surface area contributed by atoms with E-state index in [-0.39, 0.29) is 5.82 Å². The lowest BCUT2D eigenvalue weighted by molar-refractivity contribution is 0.415. The molecule has 2 aromatic rings. The number of halogens is 1. The molecular formula is C11H12FN3OS. The summed E-state index contributed by atoms with van der Waals surface area (Å²) in [5.74, 6) is 5.62. The van der Waals surface area contributed by atoms with Gasteiger partial charge in [0.25, 0.3) is 0 Å². The first-order valence-corrected chi connectivity index (χ1v) is 5.75. The van der Waals surface area contributed by atoms with Crippen LogP contribution in [0.5, 0.6) is 5.75 Å². The van der Waals surface area contributed by atoms with Gasteiger partial charge in [0.2, 0.25) is 0 Å². The number of thiazole rings is 1. The van der Waals surface area contributed by atoms with E-state index in [1.807, 2.05) is 6.92 Å². The lowest BCUT2D eigenvalue weighted by Gasteiger charge is -2.05. The zero-order chi connectivity index (χ0) is 12.4. The Balaban J connectivity index is 2.54. The molecule has 0 saturated heterocycles. The van der Waals surface area contributed by atoms with Gasteiger partial charge in [-0.05, 0) is 25.1 Å². The number of rotatable bonds is 3. The summed E-state index contributed by atoms with van der Waals surface area (Å²) in [4.78, 5) is 4.33. The molecule has 3 N–H and O–H groups in total. The Kier molecular flexibility index (Phi) is 3.26. The highest BCUT2D eigenvalue weighted by molar-refractivity contribution is 7.19. The number of methoxy groups -OCH3 is 1. The minimum atomic E-state index is -0.323. The van der Waals surface area contributed by atoms with Crippen molar-refractivity contribution in [3.63, 3.8) is 0 Å². The predicted molar refractivity (Wildman–Crippen MR) is 66.6 cm³/mol. The third kappa shape index (κ3) is 2.22. The van der Waals surface area contributed by atoms with Gasteiger partial charge in [0.15, 0.2) is 0 Å². The number of anilines is 1. The Morgan fingerprint density at radius 3 is 2.82 bits per heavy atom. The van der Waals surface area contributed by atoms with Crippen molar-refractivity contribution in [1.29, 1.82) is 0 Å². The fourth-order valence-electron chi connectivity index (χ4n) is 1.49. The van der Waals surface area contributed by atoms with Gasteiger partial charge in [0.1, 0.15) is 21.6 Å². The molecule has 0 atom stereocenters. The van der Waals surface area contributed by atoms with Crippen LogP contribution in [0.1, 0.15) is 5.69 Å². The normalized spacial score (nSPS) is 10.4. The van der Waals surface area contributed by atoms with E-state index in [1.165, 1.54) is 23.5 Å². The standard InChI is InChI=1S/C11H12FN3OS/c1-6-10(15-13)17-11(14-6)8-5-7(12)3-4-9(8)16-2/h3-5,15H,13H2,1-2H3. The molecule has 0 aliphatic carbocycles. The maximum atomic E-state index is 13.2. The third-order valence-electron chi connectivity index (χ3n) is 2.32. The van der Waals surface area contributed by atoms with Crippen molar-refractivity contribution < 1.29 is 9.13 Å². The van der Waals surface area contributed by atoms with Gasteiger partial charge < -0.3 is 10.2 Å². The maximum absolute atomic E-state index is 13.2. The Labute approximate surface area is 102 Å². The molecule has 4 nitrogen and oxygen atoms in total. The largest absolute Gasteiger partial charge is 0.496 e. The summed E-state index contributed by atoms with van der Waals surface area (Å²) in [7, 11) is 1.54. The maximum Gasteiger partial charge on any atom is 0.129 e. The monoisotopic (exact) mass is 253 g/mol. The predicted octanol–water partition coefficient (Wildman–Crippen LogP) is 2.55. The van der Waals surface area contributed by atoms with Gasteiger partial charge in [-0.25, -0.2) is 15.2 Å². The van der Waals surface area contributed by atoms with Crippen molar-refractivity contribution in [2.24, 2.45) is 5.84 Å². The van der Waals surface area contributed by atoms with E-state index < -0.39 is 0 Å². The Morgan fingerprint density at radius 1 is 1.47 bits per heavy atom. The first-order valence-electron chi connectivity index (χ1n) is 4.93. The number of ether oxygens (including phenoxy) is 1. The molecule has 0 aliphatic rings. The number of benzene rings is 1. The second-order valence-corrected chi connectivity index (χ2v) is 4.42. The highest BCUT2D eigenvalue weighted by atomic mass is 32.1.